The first kappa shape index (κ1) is 17.6. The van der Waals surface area contributed by atoms with Crippen LogP contribution in [0.2, 0.25) is 0 Å². The second kappa shape index (κ2) is 6.85. The monoisotopic (exact) mass is 391 g/mol. The van der Waals surface area contributed by atoms with Crippen LogP contribution < -0.4 is 15.2 Å². The van der Waals surface area contributed by atoms with Crippen molar-refractivity contribution in [2.45, 2.75) is 19.5 Å². The Labute approximate surface area is 167 Å². The lowest BCUT2D eigenvalue weighted by Crippen LogP contribution is -2.20. The van der Waals surface area contributed by atoms with Gasteiger partial charge in [-0.1, -0.05) is 6.07 Å². The second-order valence-corrected chi connectivity index (χ2v) is 7.00. The fourth-order valence-electron chi connectivity index (χ4n) is 3.84. The van der Waals surface area contributed by atoms with Crippen molar-refractivity contribution >= 4 is 22.5 Å². The Bertz CT molecular complexity index is 1200. The zero-order valence-corrected chi connectivity index (χ0v) is 16.3. The lowest BCUT2D eigenvalue weighted by Gasteiger charge is -2.12. The van der Waals surface area contributed by atoms with E-state index in [0.717, 1.165) is 36.5 Å². The summed E-state index contributed by atoms with van der Waals surface area (Å²) in [6, 6.07) is 7.85. The fourth-order valence-corrected chi connectivity index (χ4v) is 3.84. The second-order valence-electron chi connectivity index (χ2n) is 7.00. The summed E-state index contributed by atoms with van der Waals surface area (Å²) in [4.78, 5) is 16.0. The summed E-state index contributed by atoms with van der Waals surface area (Å²) in [6.45, 7) is 2.60. The molecule has 148 valence electrons. The van der Waals surface area contributed by atoms with E-state index in [2.05, 4.69) is 26.0 Å². The maximum atomic E-state index is 6.16. The van der Waals surface area contributed by atoms with E-state index in [1.807, 2.05) is 24.4 Å². The third-order valence-corrected chi connectivity index (χ3v) is 5.26. The smallest absolute Gasteiger partial charge is 0.223 e. The maximum Gasteiger partial charge on any atom is 0.223 e. The Balaban J connectivity index is 1.46. The van der Waals surface area contributed by atoms with E-state index in [4.69, 9.17) is 20.2 Å². The number of aromatic nitrogens is 5. The topological polar surface area (TPSA) is 104 Å². The zero-order chi connectivity index (χ0) is 20.0. The van der Waals surface area contributed by atoms with E-state index in [1.165, 1.54) is 5.56 Å². The van der Waals surface area contributed by atoms with Gasteiger partial charge in [-0.2, -0.15) is 4.52 Å². The van der Waals surface area contributed by atoms with Crippen molar-refractivity contribution in [3.8, 4) is 11.5 Å². The van der Waals surface area contributed by atoms with Crippen LogP contribution in [-0.4, -0.2) is 50.2 Å². The minimum absolute atomic E-state index is 0.260. The van der Waals surface area contributed by atoms with E-state index >= 15 is 0 Å². The highest BCUT2D eigenvalue weighted by Crippen LogP contribution is 2.36. The number of rotatable bonds is 5. The Hall–Kier alpha value is -3.46. The normalized spacial score (nSPS) is 13.9. The molecule has 2 N–H and O–H groups in total. The number of fused-ring (bicyclic) bond motifs is 4. The molecule has 0 atom stereocenters. The highest BCUT2D eigenvalue weighted by atomic mass is 16.5. The van der Waals surface area contributed by atoms with Crippen LogP contribution in [-0.2, 0) is 19.5 Å². The predicted octanol–water partition coefficient (Wildman–Crippen LogP) is 1.83. The minimum atomic E-state index is 0.260. The zero-order valence-electron chi connectivity index (χ0n) is 16.3. The van der Waals surface area contributed by atoms with E-state index in [0.29, 0.717) is 29.1 Å². The van der Waals surface area contributed by atoms with Gasteiger partial charge in [0.15, 0.2) is 23.0 Å². The number of pyridine rings is 1. The highest BCUT2D eigenvalue weighted by Gasteiger charge is 2.21. The molecule has 0 fully saturated rings. The average molecular weight is 391 g/mol. The Morgan fingerprint density at radius 2 is 2.00 bits per heavy atom. The number of nitrogen functional groups attached to an aromatic ring is 1. The number of ether oxygens (including phenoxy) is 2. The number of benzene rings is 1. The number of hydrogen-bond donors (Lipinski definition) is 1. The van der Waals surface area contributed by atoms with E-state index in [9.17, 15) is 0 Å². The molecule has 5 rings (SSSR count). The average Bonchev–Trinajstić information content (AvgIpc) is 3.35. The predicted molar refractivity (Wildman–Crippen MR) is 108 cm³/mol. The number of nitrogens with two attached hydrogens (primary N) is 1. The molecule has 1 aromatic carbocycles. The van der Waals surface area contributed by atoms with Crippen LogP contribution in [0.1, 0.15) is 17.1 Å². The first-order chi connectivity index (χ1) is 14.2. The lowest BCUT2D eigenvalue weighted by molar-refractivity contribution is 0.284. The molecule has 0 saturated heterocycles. The fraction of sp³-hybridized carbons (Fsp3) is 0.300. The van der Waals surface area contributed by atoms with Crippen LogP contribution in [0.15, 0.2) is 30.5 Å². The Morgan fingerprint density at radius 1 is 1.10 bits per heavy atom. The molecule has 0 unspecified atom stereocenters. The molecular weight excluding hydrogens is 370 g/mol. The van der Waals surface area contributed by atoms with E-state index in [1.54, 1.807) is 18.7 Å². The van der Waals surface area contributed by atoms with Crippen LogP contribution in [0.25, 0.3) is 16.6 Å². The Kier molecular flexibility index (Phi) is 4.17. The lowest BCUT2D eigenvalue weighted by atomic mass is 10.2. The van der Waals surface area contributed by atoms with E-state index in [-0.39, 0.29) is 5.95 Å². The number of nitrogens with zero attached hydrogens (tertiary/aromatic N) is 6. The van der Waals surface area contributed by atoms with Crippen LogP contribution in [0.5, 0.6) is 11.5 Å². The summed E-state index contributed by atoms with van der Waals surface area (Å²) in [6.07, 6.45) is 2.56. The van der Waals surface area contributed by atoms with Gasteiger partial charge in [0, 0.05) is 37.6 Å². The molecule has 9 nitrogen and oxygen atoms in total. The molecule has 0 saturated carbocycles. The molecule has 0 radical (unpaired) electrons. The van der Waals surface area contributed by atoms with Crippen molar-refractivity contribution in [1.82, 2.24) is 29.5 Å². The van der Waals surface area contributed by atoms with Crippen LogP contribution in [0.3, 0.4) is 0 Å². The summed E-state index contributed by atoms with van der Waals surface area (Å²) in [5.41, 5.74) is 9.87. The van der Waals surface area contributed by atoms with Gasteiger partial charge >= 0.3 is 0 Å². The van der Waals surface area contributed by atoms with Gasteiger partial charge in [0.25, 0.3) is 0 Å². The minimum Gasteiger partial charge on any atom is -0.493 e. The first-order valence-electron chi connectivity index (χ1n) is 9.39. The van der Waals surface area contributed by atoms with Gasteiger partial charge in [0.05, 0.1) is 19.9 Å². The number of hydrogen-bond acceptors (Lipinski definition) is 8. The van der Waals surface area contributed by atoms with Crippen LogP contribution >= 0.6 is 0 Å². The summed E-state index contributed by atoms with van der Waals surface area (Å²) < 4.78 is 12.4. The highest BCUT2D eigenvalue weighted by molar-refractivity contribution is 5.97. The van der Waals surface area contributed by atoms with Gasteiger partial charge < -0.3 is 15.2 Å². The molecular formula is C20H21N7O2. The van der Waals surface area contributed by atoms with Gasteiger partial charge in [-0.15, -0.1) is 5.10 Å². The van der Waals surface area contributed by atoms with Crippen LogP contribution in [0.4, 0.5) is 5.95 Å². The standard InChI is InChI=1S/C20H21N7O2/c1-28-15-6-5-13-17(18(15)29-2)24-20(21)27-19(13)23-16(25-27)7-9-26-10-12-4-3-8-22-14(12)11-26/h3-6,8H,7,9-11H2,1-2H3,(H2,21,24). The molecule has 0 aliphatic carbocycles. The molecule has 0 amide bonds. The van der Waals surface area contributed by atoms with Crippen molar-refractivity contribution in [3.05, 3.63) is 47.5 Å². The van der Waals surface area contributed by atoms with Gasteiger partial charge in [0.2, 0.25) is 5.95 Å². The first-order valence-corrected chi connectivity index (χ1v) is 9.39. The molecule has 1 aliphatic rings. The quantitative estimate of drug-likeness (QED) is 0.550. The van der Waals surface area contributed by atoms with Gasteiger partial charge in [0.1, 0.15) is 5.52 Å². The summed E-state index contributed by atoms with van der Waals surface area (Å²) >= 11 is 0. The SMILES string of the molecule is COc1ccc2c(nc(N)n3nc(CCN4Cc5cccnc5C4)nc23)c1OC. The Morgan fingerprint density at radius 3 is 2.79 bits per heavy atom. The number of anilines is 1. The molecule has 29 heavy (non-hydrogen) atoms. The summed E-state index contributed by atoms with van der Waals surface area (Å²) in [5.74, 6) is 2.12. The van der Waals surface area contributed by atoms with Gasteiger partial charge in [-0.05, 0) is 23.8 Å². The van der Waals surface area contributed by atoms with Crippen molar-refractivity contribution in [1.29, 1.82) is 0 Å². The molecule has 3 aromatic heterocycles. The third kappa shape index (κ3) is 2.90. The van der Waals surface area contributed by atoms with Gasteiger partial charge in [-0.25, -0.2) is 9.97 Å². The van der Waals surface area contributed by atoms with Crippen molar-refractivity contribution < 1.29 is 9.47 Å². The molecule has 4 aromatic rings. The van der Waals surface area contributed by atoms with Crippen LogP contribution in [0, 0.1) is 0 Å². The summed E-state index contributed by atoms with van der Waals surface area (Å²) in [5, 5.41) is 5.39. The largest absolute Gasteiger partial charge is 0.493 e. The molecule has 1 aliphatic heterocycles. The maximum absolute atomic E-state index is 6.16. The molecule has 0 bridgehead atoms. The molecule has 9 heteroatoms. The summed E-state index contributed by atoms with van der Waals surface area (Å²) in [7, 11) is 3.17. The van der Waals surface area contributed by atoms with Crippen molar-refractivity contribution in [3.63, 3.8) is 0 Å². The number of methoxy groups -OCH3 is 2. The molecule has 0 spiro atoms. The van der Waals surface area contributed by atoms with E-state index < -0.39 is 0 Å². The van der Waals surface area contributed by atoms with Crippen molar-refractivity contribution in [2.75, 3.05) is 26.5 Å². The third-order valence-electron chi connectivity index (χ3n) is 5.26. The van der Waals surface area contributed by atoms with Gasteiger partial charge in [-0.3, -0.25) is 9.88 Å². The molecule has 4 heterocycles. The van der Waals surface area contributed by atoms with Crippen molar-refractivity contribution in [2.24, 2.45) is 0 Å².